The molecular formula is C17H20ClFN2. The summed E-state index contributed by atoms with van der Waals surface area (Å²) in [6.45, 7) is 4.31. The van der Waals surface area contributed by atoms with Gasteiger partial charge < -0.3 is 10.2 Å². The largest absolute Gasteiger partial charge is 0.370 e. The summed E-state index contributed by atoms with van der Waals surface area (Å²) >= 11 is 5.90. The van der Waals surface area contributed by atoms with Gasteiger partial charge in [0, 0.05) is 30.8 Å². The molecule has 0 aliphatic rings. The fourth-order valence-corrected chi connectivity index (χ4v) is 2.40. The van der Waals surface area contributed by atoms with Crippen molar-refractivity contribution in [2.45, 2.75) is 20.0 Å². The normalized spacial score (nSPS) is 10.7. The molecule has 21 heavy (non-hydrogen) atoms. The molecule has 2 nitrogen and oxygen atoms in total. The summed E-state index contributed by atoms with van der Waals surface area (Å²) < 4.78 is 13.4. The van der Waals surface area contributed by atoms with Crippen molar-refractivity contribution in [3.63, 3.8) is 0 Å². The van der Waals surface area contributed by atoms with Gasteiger partial charge in [-0.3, -0.25) is 0 Å². The Kier molecular flexibility index (Phi) is 5.59. The van der Waals surface area contributed by atoms with E-state index < -0.39 is 0 Å². The molecule has 0 aliphatic heterocycles. The van der Waals surface area contributed by atoms with E-state index >= 15 is 0 Å². The molecule has 0 atom stereocenters. The highest BCUT2D eigenvalue weighted by Gasteiger charge is 2.09. The molecule has 2 rings (SSSR count). The van der Waals surface area contributed by atoms with Crippen molar-refractivity contribution in [3.8, 4) is 0 Å². The zero-order valence-electron chi connectivity index (χ0n) is 12.4. The maximum atomic E-state index is 13.4. The minimum absolute atomic E-state index is 0.202. The van der Waals surface area contributed by atoms with Crippen molar-refractivity contribution in [2.24, 2.45) is 0 Å². The lowest BCUT2D eigenvalue weighted by molar-refractivity contribution is 0.621. The fraction of sp³-hybridized carbons (Fsp3) is 0.294. The molecule has 0 saturated heterocycles. The summed E-state index contributed by atoms with van der Waals surface area (Å²) in [4.78, 5) is 2.12. The first-order valence-corrected chi connectivity index (χ1v) is 7.42. The second-order valence-corrected chi connectivity index (χ2v) is 5.47. The standard InChI is InChI=1S/C17H20ClFN2/c1-3-20-11-14-10-16(19)8-9-17(14)21(2)12-13-4-6-15(18)7-5-13/h4-10,20H,3,11-12H2,1-2H3. The molecule has 0 heterocycles. The average Bonchev–Trinajstić information content (AvgIpc) is 2.47. The number of hydrogen-bond donors (Lipinski definition) is 1. The third-order valence-corrected chi connectivity index (χ3v) is 3.60. The van der Waals surface area contributed by atoms with Crippen molar-refractivity contribution in [2.75, 3.05) is 18.5 Å². The van der Waals surface area contributed by atoms with E-state index in [2.05, 4.69) is 10.2 Å². The summed E-state index contributed by atoms with van der Waals surface area (Å²) in [5.41, 5.74) is 3.17. The van der Waals surface area contributed by atoms with E-state index in [1.54, 1.807) is 6.07 Å². The summed E-state index contributed by atoms with van der Waals surface area (Å²) in [6.07, 6.45) is 0. The molecule has 0 aromatic heterocycles. The molecular weight excluding hydrogens is 287 g/mol. The predicted molar refractivity (Wildman–Crippen MR) is 87.3 cm³/mol. The molecule has 2 aromatic rings. The number of hydrogen-bond acceptors (Lipinski definition) is 2. The minimum Gasteiger partial charge on any atom is -0.370 e. The lowest BCUT2D eigenvalue weighted by Crippen LogP contribution is -2.20. The summed E-state index contributed by atoms with van der Waals surface area (Å²) in [5, 5.41) is 3.98. The Balaban J connectivity index is 2.17. The first-order valence-electron chi connectivity index (χ1n) is 7.05. The van der Waals surface area contributed by atoms with Crippen LogP contribution < -0.4 is 10.2 Å². The number of anilines is 1. The Morgan fingerprint density at radius 2 is 1.86 bits per heavy atom. The van der Waals surface area contributed by atoms with Gasteiger partial charge in [0.15, 0.2) is 0 Å². The SMILES string of the molecule is CCNCc1cc(F)ccc1N(C)Cc1ccc(Cl)cc1. The van der Waals surface area contributed by atoms with Crippen LogP contribution >= 0.6 is 11.6 Å². The highest BCUT2D eigenvalue weighted by Crippen LogP contribution is 2.23. The topological polar surface area (TPSA) is 15.3 Å². The van der Waals surface area contributed by atoms with Gasteiger partial charge in [-0.05, 0) is 48.0 Å². The van der Waals surface area contributed by atoms with E-state index in [9.17, 15) is 4.39 Å². The van der Waals surface area contributed by atoms with Gasteiger partial charge in [-0.25, -0.2) is 4.39 Å². The third kappa shape index (κ3) is 4.45. The van der Waals surface area contributed by atoms with E-state index in [0.717, 1.165) is 29.4 Å². The highest BCUT2D eigenvalue weighted by molar-refractivity contribution is 6.30. The maximum absolute atomic E-state index is 13.4. The smallest absolute Gasteiger partial charge is 0.123 e. The first kappa shape index (κ1) is 15.8. The van der Waals surface area contributed by atoms with Gasteiger partial charge in [0.05, 0.1) is 0 Å². The van der Waals surface area contributed by atoms with Crippen LogP contribution in [0, 0.1) is 5.82 Å². The number of nitrogens with one attached hydrogen (secondary N) is 1. The third-order valence-electron chi connectivity index (χ3n) is 3.35. The molecule has 0 radical (unpaired) electrons. The number of halogens is 2. The van der Waals surface area contributed by atoms with Crippen molar-refractivity contribution in [1.82, 2.24) is 5.32 Å². The van der Waals surface area contributed by atoms with Crippen molar-refractivity contribution >= 4 is 17.3 Å². The van der Waals surface area contributed by atoms with Crippen LogP contribution in [-0.4, -0.2) is 13.6 Å². The van der Waals surface area contributed by atoms with Gasteiger partial charge in [0.1, 0.15) is 5.82 Å². The van der Waals surface area contributed by atoms with Crippen LogP contribution in [0.3, 0.4) is 0 Å². The van der Waals surface area contributed by atoms with E-state index in [1.807, 2.05) is 44.3 Å². The second kappa shape index (κ2) is 7.43. The average molecular weight is 307 g/mol. The molecule has 112 valence electrons. The quantitative estimate of drug-likeness (QED) is 0.859. The van der Waals surface area contributed by atoms with Crippen LogP contribution in [0.1, 0.15) is 18.1 Å². The number of benzene rings is 2. The highest BCUT2D eigenvalue weighted by atomic mass is 35.5. The lowest BCUT2D eigenvalue weighted by atomic mass is 10.1. The van der Waals surface area contributed by atoms with E-state index in [1.165, 1.54) is 11.6 Å². The van der Waals surface area contributed by atoms with Crippen LogP contribution in [0.15, 0.2) is 42.5 Å². The van der Waals surface area contributed by atoms with E-state index in [-0.39, 0.29) is 5.82 Å². The molecule has 0 spiro atoms. The molecule has 0 saturated carbocycles. The Bertz CT molecular complexity index is 584. The van der Waals surface area contributed by atoms with Gasteiger partial charge in [0.25, 0.3) is 0 Å². The molecule has 0 fully saturated rings. The van der Waals surface area contributed by atoms with Crippen LogP contribution in [0.5, 0.6) is 0 Å². The Morgan fingerprint density at radius 3 is 2.52 bits per heavy atom. The van der Waals surface area contributed by atoms with Crippen molar-refractivity contribution < 1.29 is 4.39 Å². The van der Waals surface area contributed by atoms with Crippen LogP contribution in [-0.2, 0) is 13.1 Å². The Morgan fingerprint density at radius 1 is 1.14 bits per heavy atom. The number of nitrogens with zero attached hydrogens (tertiary/aromatic N) is 1. The second-order valence-electron chi connectivity index (χ2n) is 5.04. The Hall–Kier alpha value is -1.58. The Labute approximate surface area is 130 Å². The predicted octanol–water partition coefficient (Wildman–Crippen LogP) is 4.23. The van der Waals surface area contributed by atoms with E-state index in [4.69, 9.17) is 11.6 Å². The summed E-state index contributed by atoms with van der Waals surface area (Å²) in [5.74, 6) is -0.202. The molecule has 1 N–H and O–H groups in total. The van der Waals surface area contributed by atoms with Crippen molar-refractivity contribution in [1.29, 1.82) is 0 Å². The maximum Gasteiger partial charge on any atom is 0.123 e. The minimum atomic E-state index is -0.202. The van der Waals surface area contributed by atoms with Crippen molar-refractivity contribution in [3.05, 3.63) is 64.4 Å². The zero-order valence-corrected chi connectivity index (χ0v) is 13.1. The van der Waals surface area contributed by atoms with Gasteiger partial charge in [0.2, 0.25) is 0 Å². The number of rotatable bonds is 6. The van der Waals surface area contributed by atoms with Crippen LogP contribution in [0.25, 0.3) is 0 Å². The molecule has 0 amide bonds. The van der Waals surface area contributed by atoms with Crippen LogP contribution in [0.4, 0.5) is 10.1 Å². The summed E-state index contributed by atoms with van der Waals surface area (Å²) in [6, 6.07) is 12.7. The molecule has 0 unspecified atom stereocenters. The molecule has 0 bridgehead atoms. The zero-order chi connectivity index (χ0) is 15.2. The monoisotopic (exact) mass is 306 g/mol. The molecule has 2 aromatic carbocycles. The van der Waals surface area contributed by atoms with E-state index in [0.29, 0.717) is 6.54 Å². The molecule has 0 aliphatic carbocycles. The van der Waals surface area contributed by atoms with Crippen LogP contribution in [0.2, 0.25) is 5.02 Å². The van der Waals surface area contributed by atoms with Gasteiger partial charge in [-0.2, -0.15) is 0 Å². The van der Waals surface area contributed by atoms with Gasteiger partial charge in [-0.1, -0.05) is 30.7 Å². The van der Waals surface area contributed by atoms with Gasteiger partial charge in [-0.15, -0.1) is 0 Å². The van der Waals surface area contributed by atoms with Gasteiger partial charge >= 0.3 is 0 Å². The fourth-order valence-electron chi connectivity index (χ4n) is 2.28. The first-order chi connectivity index (χ1) is 10.1. The summed E-state index contributed by atoms with van der Waals surface area (Å²) in [7, 11) is 2.01. The molecule has 4 heteroatoms. The lowest BCUT2D eigenvalue weighted by Gasteiger charge is -2.23.